The lowest BCUT2D eigenvalue weighted by Crippen LogP contribution is -2.25. The lowest BCUT2D eigenvalue weighted by Gasteiger charge is -2.20. The fraction of sp³-hybridized carbons (Fsp3) is 0.636. The lowest BCUT2D eigenvalue weighted by molar-refractivity contribution is 0.393. The van der Waals surface area contributed by atoms with E-state index in [9.17, 15) is 0 Å². The molecule has 0 amide bonds. The molecule has 0 fully saturated rings. The first-order chi connectivity index (χ1) is 5.70. The van der Waals surface area contributed by atoms with Gasteiger partial charge in [0.15, 0.2) is 0 Å². The van der Waals surface area contributed by atoms with Gasteiger partial charge in [0, 0.05) is 6.04 Å². The summed E-state index contributed by atoms with van der Waals surface area (Å²) in [6.07, 6.45) is 11.2. The molecule has 68 valence electrons. The molecule has 0 aliphatic heterocycles. The molecule has 12 heavy (non-hydrogen) atoms. The molecular formula is C11H19N. The fourth-order valence-corrected chi connectivity index (χ4v) is 1.50. The molecule has 1 aliphatic rings. The van der Waals surface area contributed by atoms with E-state index >= 15 is 0 Å². The summed E-state index contributed by atoms with van der Waals surface area (Å²) in [5.74, 6) is 1.35. The first kappa shape index (κ1) is 9.53. The van der Waals surface area contributed by atoms with Crippen LogP contribution in [0.15, 0.2) is 24.3 Å². The van der Waals surface area contributed by atoms with Crippen molar-refractivity contribution in [1.82, 2.24) is 0 Å². The highest BCUT2D eigenvalue weighted by Crippen LogP contribution is 2.21. The van der Waals surface area contributed by atoms with Crippen LogP contribution in [0.4, 0.5) is 0 Å². The Bertz CT molecular complexity index is 179. The predicted octanol–water partition coefficient (Wildman–Crippen LogP) is 2.49. The minimum atomic E-state index is 0.323. The monoisotopic (exact) mass is 165 g/mol. The number of hydrogen-bond acceptors (Lipinski definition) is 1. The summed E-state index contributed by atoms with van der Waals surface area (Å²) in [6.45, 7) is 4.32. The highest BCUT2D eigenvalue weighted by atomic mass is 14.6. The van der Waals surface area contributed by atoms with Gasteiger partial charge in [0.05, 0.1) is 0 Å². The van der Waals surface area contributed by atoms with E-state index in [0.717, 1.165) is 5.92 Å². The predicted molar refractivity (Wildman–Crippen MR) is 53.8 cm³/mol. The third-order valence-electron chi connectivity index (χ3n) is 2.64. The molecule has 0 spiro atoms. The van der Waals surface area contributed by atoms with Gasteiger partial charge in [0.2, 0.25) is 0 Å². The minimum absolute atomic E-state index is 0.323. The van der Waals surface area contributed by atoms with Gasteiger partial charge < -0.3 is 5.73 Å². The summed E-state index contributed by atoms with van der Waals surface area (Å²) in [5, 5.41) is 0. The number of hydrogen-bond donors (Lipinski definition) is 1. The first-order valence-electron chi connectivity index (χ1n) is 4.79. The molecule has 0 aromatic carbocycles. The second-order valence-corrected chi connectivity index (χ2v) is 3.88. The maximum absolute atomic E-state index is 5.81. The zero-order valence-corrected chi connectivity index (χ0v) is 8.03. The molecular weight excluding hydrogens is 146 g/mol. The smallest absolute Gasteiger partial charge is 0.00363 e. The Morgan fingerprint density at radius 1 is 1.42 bits per heavy atom. The van der Waals surface area contributed by atoms with E-state index in [4.69, 9.17) is 5.73 Å². The number of allylic oxidation sites excluding steroid dienone is 4. The summed E-state index contributed by atoms with van der Waals surface area (Å²) < 4.78 is 0. The molecule has 1 aliphatic carbocycles. The Kier molecular flexibility index (Phi) is 3.54. The molecule has 0 heterocycles. The highest BCUT2D eigenvalue weighted by Gasteiger charge is 2.13. The Hall–Kier alpha value is -0.560. The third kappa shape index (κ3) is 2.82. The number of rotatable bonds is 3. The fourth-order valence-electron chi connectivity index (χ4n) is 1.50. The van der Waals surface area contributed by atoms with E-state index in [-0.39, 0.29) is 0 Å². The normalized spacial score (nSPS) is 27.1. The van der Waals surface area contributed by atoms with Crippen molar-refractivity contribution in [2.75, 3.05) is 0 Å². The average Bonchev–Trinajstić information content (AvgIpc) is 2.06. The molecule has 2 unspecified atom stereocenters. The van der Waals surface area contributed by atoms with Gasteiger partial charge in [-0.15, -0.1) is 0 Å². The molecule has 2 N–H and O–H groups in total. The molecule has 0 aromatic rings. The van der Waals surface area contributed by atoms with Gasteiger partial charge in [0.1, 0.15) is 0 Å². The van der Waals surface area contributed by atoms with Crippen molar-refractivity contribution in [3.8, 4) is 0 Å². The van der Waals surface area contributed by atoms with Crippen LogP contribution in [-0.4, -0.2) is 6.04 Å². The van der Waals surface area contributed by atoms with E-state index in [2.05, 4.69) is 38.2 Å². The van der Waals surface area contributed by atoms with Crippen LogP contribution in [0.25, 0.3) is 0 Å². The standard InChI is InChI=1S/C11H19N/c1-9(10(2)12)8-11-6-4-3-5-7-11/h3-6,9-11H,7-8,12H2,1-2H3/t9-,10?,11?/m1/s1. The topological polar surface area (TPSA) is 26.0 Å². The maximum atomic E-state index is 5.81. The first-order valence-corrected chi connectivity index (χ1v) is 4.79. The van der Waals surface area contributed by atoms with Gasteiger partial charge in [-0.2, -0.15) is 0 Å². The molecule has 3 atom stereocenters. The second-order valence-electron chi connectivity index (χ2n) is 3.88. The largest absolute Gasteiger partial charge is 0.328 e. The van der Waals surface area contributed by atoms with Crippen LogP contribution in [0, 0.1) is 11.8 Å². The van der Waals surface area contributed by atoms with Gasteiger partial charge >= 0.3 is 0 Å². The molecule has 0 saturated carbocycles. The summed E-state index contributed by atoms with van der Waals surface area (Å²) in [4.78, 5) is 0. The van der Waals surface area contributed by atoms with Gasteiger partial charge in [-0.3, -0.25) is 0 Å². The third-order valence-corrected chi connectivity index (χ3v) is 2.64. The lowest BCUT2D eigenvalue weighted by atomic mass is 9.88. The van der Waals surface area contributed by atoms with E-state index in [1.165, 1.54) is 12.8 Å². The Balaban J connectivity index is 2.31. The van der Waals surface area contributed by atoms with Gasteiger partial charge in [-0.1, -0.05) is 31.2 Å². The number of nitrogens with two attached hydrogens (primary N) is 1. The Labute approximate surface area is 75.3 Å². The molecule has 1 rings (SSSR count). The van der Waals surface area contributed by atoms with Crippen LogP contribution in [0.5, 0.6) is 0 Å². The zero-order valence-electron chi connectivity index (χ0n) is 8.03. The highest BCUT2D eigenvalue weighted by molar-refractivity contribution is 5.10. The van der Waals surface area contributed by atoms with E-state index in [1.54, 1.807) is 0 Å². The van der Waals surface area contributed by atoms with Crippen molar-refractivity contribution < 1.29 is 0 Å². The van der Waals surface area contributed by atoms with Crippen molar-refractivity contribution >= 4 is 0 Å². The Morgan fingerprint density at radius 3 is 2.67 bits per heavy atom. The second kappa shape index (κ2) is 4.46. The van der Waals surface area contributed by atoms with E-state index in [1.807, 2.05) is 0 Å². The average molecular weight is 165 g/mol. The van der Waals surface area contributed by atoms with Crippen molar-refractivity contribution in [2.24, 2.45) is 17.6 Å². The van der Waals surface area contributed by atoms with Crippen molar-refractivity contribution in [1.29, 1.82) is 0 Å². The van der Waals surface area contributed by atoms with Gasteiger partial charge in [-0.05, 0) is 31.6 Å². The minimum Gasteiger partial charge on any atom is -0.328 e. The quantitative estimate of drug-likeness (QED) is 0.683. The van der Waals surface area contributed by atoms with E-state index in [0.29, 0.717) is 12.0 Å². The van der Waals surface area contributed by atoms with Gasteiger partial charge in [0.25, 0.3) is 0 Å². The maximum Gasteiger partial charge on any atom is 0.00363 e. The molecule has 1 nitrogen and oxygen atoms in total. The van der Waals surface area contributed by atoms with Crippen molar-refractivity contribution in [3.63, 3.8) is 0 Å². The molecule has 0 radical (unpaired) electrons. The SMILES string of the molecule is CC(N)[C@H](C)CC1C=CC=CC1. The molecule has 0 aromatic heterocycles. The zero-order chi connectivity index (χ0) is 8.97. The summed E-state index contributed by atoms with van der Waals surface area (Å²) in [5.41, 5.74) is 5.81. The van der Waals surface area contributed by atoms with Crippen LogP contribution in [-0.2, 0) is 0 Å². The molecule has 0 saturated heterocycles. The summed E-state index contributed by atoms with van der Waals surface area (Å²) in [7, 11) is 0. The van der Waals surface area contributed by atoms with Crippen LogP contribution in [0.2, 0.25) is 0 Å². The summed E-state index contributed by atoms with van der Waals surface area (Å²) >= 11 is 0. The van der Waals surface area contributed by atoms with Crippen LogP contribution >= 0.6 is 0 Å². The van der Waals surface area contributed by atoms with Crippen molar-refractivity contribution in [2.45, 2.75) is 32.7 Å². The van der Waals surface area contributed by atoms with E-state index < -0.39 is 0 Å². The van der Waals surface area contributed by atoms with Crippen molar-refractivity contribution in [3.05, 3.63) is 24.3 Å². The Morgan fingerprint density at radius 2 is 2.17 bits per heavy atom. The van der Waals surface area contributed by atoms with Crippen LogP contribution in [0.1, 0.15) is 26.7 Å². The van der Waals surface area contributed by atoms with Crippen LogP contribution in [0.3, 0.4) is 0 Å². The van der Waals surface area contributed by atoms with Crippen LogP contribution < -0.4 is 5.73 Å². The molecule has 1 heteroatoms. The summed E-state index contributed by atoms with van der Waals surface area (Å²) in [6, 6.07) is 0.323. The molecule has 0 bridgehead atoms. The van der Waals surface area contributed by atoms with Gasteiger partial charge in [-0.25, -0.2) is 0 Å².